The van der Waals surface area contributed by atoms with E-state index < -0.39 is 0 Å². The summed E-state index contributed by atoms with van der Waals surface area (Å²) in [7, 11) is 0. The number of nitrogens with zero attached hydrogens (tertiary/aromatic N) is 1. The van der Waals surface area contributed by atoms with E-state index in [1.165, 1.54) is 0 Å². The molecule has 1 aromatic rings. The third-order valence-corrected chi connectivity index (χ3v) is 5.76. The lowest BCUT2D eigenvalue weighted by atomic mass is 9.85. The molecule has 180 valence electrons. The number of Topliss-reactive ketones (excluding diaryl/α,β-unsaturated/α-hetero) is 2. The lowest BCUT2D eigenvalue weighted by Crippen LogP contribution is -2.44. The van der Waals surface area contributed by atoms with Gasteiger partial charge in [-0.05, 0) is 51.4 Å². The van der Waals surface area contributed by atoms with Gasteiger partial charge in [-0.25, -0.2) is 0 Å². The van der Waals surface area contributed by atoms with Crippen LogP contribution in [-0.4, -0.2) is 48.7 Å². The van der Waals surface area contributed by atoms with E-state index in [1.54, 1.807) is 0 Å². The van der Waals surface area contributed by atoms with Gasteiger partial charge in [0.25, 0.3) is 0 Å². The summed E-state index contributed by atoms with van der Waals surface area (Å²) in [5.74, 6) is -0.109. The Kier molecular flexibility index (Phi) is 9.84. The van der Waals surface area contributed by atoms with Crippen molar-refractivity contribution in [2.45, 2.75) is 52.2 Å². The van der Waals surface area contributed by atoms with Gasteiger partial charge in [0.15, 0.2) is 11.5 Å². The van der Waals surface area contributed by atoms with Gasteiger partial charge >= 0.3 is 0 Å². The fraction of sp³-hybridized carbons (Fsp3) is 0.414. The Labute approximate surface area is 203 Å². The Morgan fingerprint density at radius 3 is 2.71 bits per heavy atom. The number of allylic oxidation sites excluding steroid dienone is 5. The van der Waals surface area contributed by atoms with Crippen LogP contribution >= 0.6 is 0 Å². The van der Waals surface area contributed by atoms with E-state index in [4.69, 9.17) is 4.74 Å². The van der Waals surface area contributed by atoms with Gasteiger partial charge in [-0.2, -0.15) is 0 Å². The fourth-order valence-electron chi connectivity index (χ4n) is 4.25. The number of carbonyl (C=O) groups is 2. The topological polar surface area (TPSA) is 58.6 Å². The number of benzene rings is 1. The summed E-state index contributed by atoms with van der Waals surface area (Å²) >= 11 is 0. The van der Waals surface area contributed by atoms with Crippen LogP contribution in [0.15, 0.2) is 83.3 Å². The van der Waals surface area contributed by atoms with Gasteiger partial charge < -0.3 is 10.1 Å². The van der Waals surface area contributed by atoms with Crippen molar-refractivity contribution < 1.29 is 14.3 Å². The van der Waals surface area contributed by atoms with Crippen molar-refractivity contribution in [3.63, 3.8) is 0 Å². The lowest BCUT2D eigenvalue weighted by molar-refractivity contribution is -0.125. The first-order valence-electron chi connectivity index (χ1n) is 12.3. The van der Waals surface area contributed by atoms with Crippen molar-refractivity contribution >= 4 is 11.6 Å². The number of rotatable bonds is 10. The second kappa shape index (κ2) is 13.0. The minimum atomic E-state index is -0.356. The van der Waals surface area contributed by atoms with Gasteiger partial charge in [-0.1, -0.05) is 61.6 Å². The maximum Gasteiger partial charge on any atom is 0.211 e. The van der Waals surface area contributed by atoms with Gasteiger partial charge in [-0.15, -0.1) is 5.73 Å². The van der Waals surface area contributed by atoms with Crippen LogP contribution in [0.4, 0.5) is 0 Å². The van der Waals surface area contributed by atoms with Crippen LogP contribution in [-0.2, 0) is 14.3 Å². The maximum absolute atomic E-state index is 14.1. The predicted octanol–water partition coefficient (Wildman–Crippen LogP) is 4.85. The molecule has 1 N–H and O–H groups in total. The fourth-order valence-corrected chi connectivity index (χ4v) is 4.25. The molecule has 5 nitrogen and oxygen atoms in total. The van der Waals surface area contributed by atoms with Crippen molar-refractivity contribution in [3.8, 4) is 0 Å². The van der Waals surface area contributed by atoms with Crippen LogP contribution in [0.25, 0.3) is 0 Å². The third-order valence-electron chi connectivity index (χ3n) is 5.76. The Morgan fingerprint density at radius 2 is 1.97 bits per heavy atom. The normalized spacial score (nSPS) is 21.0. The van der Waals surface area contributed by atoms with E-state index in [1.807, 2.05) is 74.6 Å². The molecule has 0 bridgehead atoms. The molecule has 0 fully saturated rings. The molecule has 1 atom stereocenters. The molecule has 3 rings (SSSR count). The van der Waals surface area contributed by atoms with Crippen LogP contribution in [0.1, 0.15) is 51.6 Å². The van der Waals surface area contributed by atoms with E-state index in [0.717, 1.165) is 25.1 Å². The molecule has 0 saturated heterocycles. The van der Waals surface area contributed by atoms with Gasteiger partial charge in [0.1, 0.15) is 0 Å². The SMILES string of the molecule is CCNCCCN1CC(=O)C(OC(C)C)=C(C(=O)C2=C=CC/C=C\C=C/C2)C1c1ccccc1. The van der Waals surface area contributed by atoms with Crippen molar-refractivity contribution in [1.82, 2.24) is 10.2 Å². The smallest absolute Gasteiger partial charge is 0.211 e. The molecule has 34 heavy (non-hydrogen) atoms. The van der Waals surface area contributed by atoms with Gasteiger partial charge in [0.05, 0.1) is 24.3 Å². The van der Waals surface area contributed by atoms with Crippen molar-refractivity contribution in [1.29, 1.82) is 0 Å². The summed E-state index contributed by atoms with van der Waals surface area (Å²) < 4.78 is 6.04. The molecule has 0 spiro atoms. The van der Waals surface area contributed by atoms with E-state index in [-0.39, 0.29) is 36.0 Å². The first-order chi connectivity index (χ1) is 16.5. The molecular formula is C29H36N2O3. The number of hydrogen-bond acceptors (Lipinski definition) is 5. The van der Waals surface area contributed by atoms with E-state index >= 15 is 0 Å². The Hall–Kier alpha value is -2.98. The number of carbonyl (C=O) groups excluding carboxylic acids is 2. The Balaban J connectivity index is 2.11. The number of ether oxygens (including phenoxy) is 1. The number of nitrogens with one attached hydrogen (secondary N) is 1. The minimum absolute atomic E-state index is 0.141. The van der Waals surface area contributed by atoms with Crippen LogP contribution in [0.2, 0.25) is 0 Å². The highest BCUT2D eigenvalue weighted by atomic mass is 16.5. The minimum Gasteiger partial charge on any atom is -0.487 e. The molecule has 2 aliphatic rings. The third kappa shape index (κ3) is 6.77. The summed E-state index contributed by atoms with van der Waals surface area (Å²) in [6.07, 6.45) is 11.6. The zero-order chi connectivity index (χ0) is 24.3. The monoisotopic (exact) mass is 460 g/mol. The van der Waals surface area contributed by atoms with Crippen LogP contribution in [0.5, 0.6) is 0 Å². The summed E-state index contributed by atoms with van der Waals surface area (Å²) in [5.41, 5.74) is 5.16. The highest BCUT2D eigenvalue weighted by Gasteiger charge is 2.40. The van der Waals surface area contributed by atoms with Gasteiger partial charge in [0, 0.05) is 18.5 Å². The van der Waals surface area contributed by atoms with E-state index in [0.29, 0.717) is 30.5 Å². The summed E-state index contributed by atoms with van der Waals surface area (Å²) in [5, 5.41) is 3.35. The van der Waals surface area contributed by atoms with Crippen molar-refractivity contribution in [2.75, 3.05) is 26.2 Å². The summed E-state index contributed by atoms with van der Waals surface area (Å²) in [6, 6.07) is 9.60. The van der Waals surface area contributed by atoms with Crippen molar-refractivity contribution in [3.05, 3.63) is 88.9 Å². The maximum atomic E-state index is 14.1. The highest BCUT2D eigenvalue weighted by Crippen LogP contribution is 2.37. The highest BCUT2D eigenvalue weighted by molar-refractivity contribution is 6.15. The average Bonchev–Trinajstić information content (AvgIpc) is 2.97. The first-order valence-corrected chi connectivity index (χ1v) is 12.3. The molecule has 5 heteroatoms. The lowest BCUT2D eigenvalue weighted by Gasteiger charge is -2.38. The van der Waals surface area contributed by atoms with Crippen LogP contribution < -0.4 is 5.32 Å². The first kappa shape index (κ1) is 25.6. The standard InChI is InChI=1S/C29H36N2O3/c1-4-30-19-14-20-31-21-25(32)29(34-22(2)3)26(27(31)23-15-12-9-13-16-23)28(33)24-17-10-7-5-6-8-11-18-24/h5-7,9-13,15-16,22,27,30H,4,8,14,17,19-21H2,1-3H3/b6-5-,10-7-. The van der Waals surface area contributed by atoms with Gasteiger partial charge in [-0.3, -0.25) is 14.5 Å². The second-order valence-corrected chi connectivity index (χ2v) is 8.78. The zero-order valence-electron chi connectivity index (χ0n) is 20.5. The Morgan fingerprint density at radius 1 is 1.21 bits per heavy atom. The molecule has 1 aromatic carbocycles. The van der Waals surface area contributed by atoms with Crippen LogP contribution in [0, 0.1) is 0 Å². The van der Waals surface area contributed by atoms with Gasteiger partial charge in [0.2, 0.25) is 5.78 Å². The summed E-state index contributed by atoms with van der Waals surface area (Å²) in [6.45, 7) is 8.53. The average molecular weight is 461 g/mol. The second-order valence-electron chi connectivity index (χ2n) is 8.78. The Bertz CT molecular complexity index is 1010. The zero-order valence-corrected chi connectivity index (χ0v) is 20.5. The summed E-state index contributed by atoms with van der Waals surface area (Å²) in [4.78, 5) is 29.5. The molecule has 0 saturated carbocycles. The molecule has 1 heterocycles. The largest absolute Gasteiger partial charge is 0.487 e. The molecule has 0 aromatic heterocycles. The molecule has 1 aliphatic heterocycles. The number of hydrogen-bond donors (Lipinski definition) is 1. The molecule has 1 unspecified atom stereocenters. The number of ketones is 2. The van der Waals surface area contributed by atoms with Crippen molar-refractivity contribution in [2.24, 2.45) is 0 Å². The molecule has 0 radical (unpaired) electrons. The molecule has 0 amide bonds. The molecular weight excluding hydrogens is 424 g/mol. The quantitative estimate of drug-likeness (QED) is 0.400. The molecule has 1 aliphatic carbocycles. The van der Waals surface area contributed by atoms with E-state index in [9.17, 15) is 9.59 Å². The predicted molar refractivity (Wildman–Crippen MR) is 136 cm³/mol. The van der Waals surface area contributed by atoms with E-state index in [2.05, 4.69) is 22.9 Å². The van der Waals surface area contributed by atoms with Crippen LogP contribution in [0.3, 0.4) is 0 Å².